The minimum absolute atomic E-state index is 0.345. The fraction of sp³-hybridized carbons (Fsp3) is 0.304. The van der Waals surface area contributed by atoms with Crippen LogP contribution < -0.4 is 10.1 Å². The molecule has 0 spiro atoms. The van der Waals surface area contributed by atoms with Gasteiger partial charge in [-0.3, -0.25) is 0 Å². The van der Waals surface area contributed by atoms with Gasteiger partial charge in [0.15, 0.2) is 0 Å². The number of hydrogen-bond donors (Lipinski definition) is 1. The van der Waals surface area contributed by atoms with Crippen molar-refractivity contribution in [3.8, 4) is 11.5 Å². The largest absolute Gasteiger partial charge is 0.457 e. The fourth-order valence-corrected chi connectivity index (χ4v) is 3.20. The normalized spacial score (nSPS) is 11.6. The fourth-order valence-electron chi connectivity index (χ4n) is 2.96. The number of alkyl halides is 3. The molecule has 31 heavy (non-hydrogen) atoms. The number of anilines is 1. The average molecular weight is 450 g/mol. The molecular formula is C23H23ClF3N3O. The highest BCUT2D eigenvalue weighted by molar-refractivity contribution is 6.33. The van der Waals surface area contributed by atoms with Crippen molar-refractivity contribution >= 4 is 17.4 Å². The van der Waals surface area contributed by atoms with Gasteiger partial charge in [-0.1, -0.05) is 37.6 Å². The Morgan fingerprint density at radius 2 is 1.58 bits per heavy atom. The van der Waals surface area contributed by atoms with Gasteiger partial charge in [-0.15, -0.1) is 0 Å². The van der Waals surface area contributed by atoms with E-state index < -0.39 is 11.7 Å². The zero-order valence-electron chi connectivity index (χ0n) is 17.2. The van der Waals surface area contributed by atoms with Crippen molar-refractivity contribution < 1.29 is 17.9 Å². The molecule has 0 aliphatic heterocycles. The Morgan fingerprint density at radius 3 is 2.16 bits per heavy atom. The van der Waals surface area contributed by atoms with Crippen molar-refractivity contribution in [2.24, 2.45) is 5.92 Å². The van der Waals surface area contributed by atoms with E-state index in [0.717, 1.165) is 36.2 Å². The molecule has 8 heteroatoms. The van der Waals surface area contributed by atoms with Gasteiger partial charge < -0.3 is 10.1 Å². The summed E-state index contributed by atoms with van der Waals surface area (Å²) in [5.41, 5.74) is 1.20. The van der Waals surface area contributed by atoms with Crippen LogP contribution in [-0.4, -0.2) is 16.5 Å². The molecule has 0 fully saturated rings. The van der Waals surface area contributed by atoms with E-state index in [1.807, 2.05) is 12.1 Å². The van der Waals surface area contributed by atoms with Crippen LogP contribution in [-0.2, 0) is 19.0 Å². The predicted octanol–water partition coefficient (Wildman–Crippen LogP) is 6.79. The van der Waals surface area contributed by atoms with Gasteiger partial charge in [0.25, 0.3) is 0 Å². The number of hydrogen-bond acceptors (Lipinski definition) is 4. The zero-order valence-corrected chi connectivity index (χ0v) is 18.0. The van der Waals surface area contributed by atoms with Gasteiger partial charge in [0.05, 0.1) is 11.3 Å². The summed E-state index contributed by atoms with van der Waals surface area (Å²) in [6.07, 6.45) is -1.32. The van der Waals surface area contributed by atoms with Crippen molar-refractivity contribution in [2.75, 3.05) is 11.9 Å². The lowest BCUT2D eigenvalue weighted by atomic mass is 10.1. The predicted molar refractivity (Wildman–Crippen MR) is 116 cm³/mol. The second-order valence-electron chi connectivity index (χ2n) is 7.53. The van der Waals surface area contributed by atoms with Crippen LogP contribution in [0.1, 0.15) is 30.7 Å². The molecule has 0 aliphatic carbocycles. The van der Waals surface area contributed by atoms with Crippen molar-refractivity contribution in [1.82, 2.24) is 9.97 Å². The number of nitrogens with one attached hydrogen (secondary N) is 1. The summed E-state index contributed by atoms with van der Waals surface area (Å²) >= 11 is 6.40. The lowest BCUT2D eigenvalue weighted by molar-refractivity contribution is -0.137. The summed E-state index contributed by atoms with van der Waals surface area (Å²) in [6, 6.07) is 12.0. The van der Waals surface area contributed by atoms with Gasteiger partial charge in [-0.05, 0) is 60.7 Å². The second kappa shape index (κ2) is 10.0. The van der Waals surface area contributed by atoms with Crippen molar-refractivity contribution in [2.45, 2.75) is 32.9 Å². The lowest BCUT2D eigenvalue weighted by Crippen LogP contribution is -2.09. The number of rotatable bonds is 8. The molecule has 3 rings (SSSR count). The van der Waals surface area contributed by atoms with Crippen LogP contribution in [0.3, 0.4) is 0 Å². The molecule has 0 bridgehead atoms. The maximum atomic E-state index is 12.6. The van der Waals surface area contributed by atoms with E-state index in [4.69, 9.17) is 16.3 Å². The Kier molecular flexibility index (Phi) is 7.38. The van der Waals surface area contributed by atoms with Crippen molar-refractivity contribution in [3.05, 3.63) is 76.7 Å². The number of aromatic nitrogens is 2. The number of halogens is 4. The van der Waals surface area contributed by atoms with Crippen molar-refractivity contribution in [3.63, 3.8) is 0 Å². The summed E-state index contributed by atoms with van der Waals surface area (Å²) in [6.45, 7) is 4.85. The van der Waals surface area contributed by atoms with Crippen LogP contribution >= 0.6 is 11.6 Å². The Balaban J connectivity index is 1.53. The summed E-state index contributed by atoms with van der Waals surface area (Å²) in [5, 5.41) is 3.79. The molecule has 3 aromatic rings. The summed E-state index contributed by atoms with van der Waals surface area (Å²) in [4.78, 5) is 8.47. The molecule has 0 aliphatic rings. The quantitative estimate of drug-likeness (QED) is 0.411. The Bertz CT molecular complexity index is 990. The molecule has 1 N–H and O–H groups in total. The van der Waals surface area contributed by atoms with Gasteiger partial charge in [0, 0.05) is 6.54 Å². The van der Waals surface area contributed by atoms with Gasteiger partial charge >= 0.3 is 6.18 Å². The monoisotopic (exact) mass is 449 g/mol. The van der Waals surface area contributed by atoms with Crippen LogP contribution in [0, 0.1) is 5.92 Å². The van der Waals surface area contributed by atoms with Gasteiger partial charge in [-0.25, -0.2) is 9.97 Å². The summed E-state index contributed by atoms with van der Waals surface area (Å²) in [5.74, 6) is 1.96. The first-order valence-electron chi connectivity index (χ1n) is 9.89. The first-order valence-corrected chi connectivity index (χ1v) is 10.3. The van der Waals surface area contributed by atoms with E-state index in [9.17, 15) is 13.2 Å². The van der Waals surface area contributed by atoms with Crippen LogP contribution in [0.25, 0.3) is 0 Å². The molecule has 4 nitrogen and oxygen atoms in total. The summed E-state index contributed by atoms with van der Waals surface area (Å²) < 4.78 is 43.5. The number of benzene rings is 2. The molecule has 1 heterocycles. The first kappa shape index (κ1) is 22.9. The first-order chi connectivity index (χ1) is 14.7. The average Bonchev–Trinajstić information content (AvgIpc) is 2.71. The van der Waals surface area contributed by atoms with E-state index >= 15 is 0 Å². The zero-order chi connectivity index (χ0) is 22.4. The maximum Gasteiger partial charge on any atom is 0.416 e. The third-order valence-corrected chi connectivity index (χ3v) is 4.91. The third kappa shape index (κ3) is 6.59. The second-order valence-corrected chi connectivity index (χ2v) is 7.90. The molecule has 0 saturated carbocycles. The highest BCUT2D eigenvalue weighted by Crippen LogP contribution is 2.31. The van der Waals surface area contributed by atoms with E-state index in [2.05, 4.69) is 29.1 Å². The topological polar surface area (TPSA) is 47.0 Å². The molecule has 0 saturated heterocycles. The minimum Gasteiger partial charge on any atom is -0.457 e. The number of nitrogens with zero attached hydrogens (tertiary/aromatic N) is 2. The van der Waals surface area contributed by atoms with Crippen LogP contribution in [0.2, 0.25) is 5.02 Å². The molecule has 1 aromatic heterocycles. The van der Waals surface area contributed by atoms with Crippen molar-refractivity contribution in [1.29, 1.82) is 0 Å². The molecule has 164 valence electrons. The Labute approximate surface area is 184 Å². The van der Waals surface area contributed by atoms with Gasteiger partial charge in [-0.2, -0.15) is 13.2 Å². The molecule has 0 atom stereocenters. The third-order valence-electron chi connectivity index (χ3n) is 4.51. The van der Waals surface area contributed by atoms with E-state index in [0.29, 0.717) is 34.8 Å². The maximum absolute atomic E-state index is 12.6. The SMILES string of the molecule is CC(C)Cc1ncnc(NCCc2ccc(Oc3ccc(C(F)(F)F)cc3)cc2)c1Cl. The number of ether oxygens (including phenoxy) is 1. The molecule has 2 aromatic carbocycles. The van der Waals surface area contributed by atoms with Gasteiger partial charge in [0.1, 0.15) is 28.7 Å². The molecule has 0 amide bonds. The standard InChI is InChI=1S/C23H23ClF3N3O/c1-15(2)13-20-21(24)22(30-14-29-20)28-12-11-16-3-7-18(8-4-16)31-19-9-5-17(6-10-19)23(25,26)27/h3-10,14-15H,11-13H2,1-2H3,(H,28,29,30). The molecule has 0 unspecified atom stereocenters. The highest BCUT2D eigenvalue weighted by Gasteiger charge is 2.30. The highest BCUT2D eigenvalue weighted by atomic mass is 35.5. The Hall–Kier alpha value is -2.80. The van der Waals surface area contributed by atoms with Crippen LogP contribution in [0.5, 0.6) is 11.5 Å². The molecular weight excluding hydrogens is 427 g/mol. The lowest BCUT2D eigenvalue weighted by Gasteiger charge is -2.12. The van der Waals surface area contributed by atoms with Crippen LogP contribution in [0.4, 0.5) is 19.0 Å². The Morgan fingerprint density at radius 1 is 0.968 bits per heavy atom. The smallest absolute Gasteiger partial charge is 0.416 e. The molecule has 0 radical (unpaired) electrons. The van der Waals surface area contributed by atoms with E-state index in [1.54, 1.807) is 12.1 Å². The van der Waals surface area contributed by atoms with Crippen LogP contribution in [0.15, 0.2) is 54.9 Å². The van der Waals surface area contributed by atoms with E-state index in [-0.39, 0.29) is 0 Å². The van der Waals surface area contributed by atoms with Gasteiger partial charge in [0.2, 0.25) is 0 Å². The van der Waals surface area contributed by atoms with E-state index in [1.165, 1.54) is 18.5 Å². The summed E-state index contributed by atoms with van der Waals surface area (Å²) in [7, 11) is 0. The minimum atomic E-state index is -4.36.